The van der Waals surface area contributed by atoms with Crippen LogP contribution < -0.4 is 0 Å². The Labute approximate surface area is 121 Å². The number of hydrogen-bond donors (Lipinski definition) is 1. The van der Waals surface area contributed by atoms with E-state index >= 15 is 0 Å². The third kappa shape index (κ3) is 9.61. The summed E-state index contributed by atoms with van der Waals surface area (Å²) in [5, 5.41) is 8.97. The molecule has 0 aliphatic carbocycles. The number of amides is 1. The summed E-state index contributed by atoms with van der Waals surface area (Å²) in [6, 6.07) is 0. The first kappa shape index (κ1) is 18.7. The van der Waals surface area contributed by atoms with Gasteiger partial charge < -0.3 is 19.5 Å². The Balaban J connectivity index is 4.41. The zero-order chi connectivity index (χ0) is 16.0. The van der Waals surface area contributed by atoms with Crippen LogP contribution in [-0.4, -0.2) is 53.0 Å². The predicted octanol–water partition coefficient (Wildman–Crippen LogP) is 1.95. The fourth-order valence-corrected chi connectivity index (χ4v) is 1.36. The first-order valence-corrected chi connectivity index (χ1v) is 6.75. The van der Waals surface area contributed by atoms with E-state index in [4.69, 9.17) is 14.6 Å². The highest BCUT2D eigenvalue weighted by atomic mass is 16.6. The van der Waals surface area contributed by atoms with E-state index in [0.29, 0.717) is 0 Å². The van der Waals surface area contributed by atoms with Gasteiger partial charge in [-0.3, -0.25) is 4.79 Å². The summed E-state index contributed by atoms with van der Waals surface area (Å²) in [5.41, 5.74) is -1.17. The monoisotopic (exact) mass is 289 g/mol. The topological polar surface area (TPSA) is 76.1 Å². The molecule has 0 unspecified atom stereocenters. The van der Waals surface area contributed by atoms with Crippen molar-refractivity contribution < 1.29 is 24.2 Å². The van der Waals surface area contributed by atoms with E-state index in [-0.39, 0.29) is 32.1 Å². The summed E-state index contributed by atoms with van der Waals surface area (Å²) in [7, 11) is 0. The second-order valence-electron chi connectivity index (χ2n) is 6.53. The Kier molecular flexibility index (Phi) is 6.99. The Morgan fingerprint density at radius 1 is 0.950 bits per heavy atom. The standard InChI is InChI=1S/C14H27NO5/c1-13(2,3)19-11(17)7-8-15(9-10-16)12(18)20-14(4,5)6/h16H,7-10H2,1-6H3. The lowest BCUT2D eigenvalue weighted by atomic mass is 10.2. The van der Waals surface area contributed by atoms with Gasteiger partial charge in [0, 0.05) is 13.1 Å². The molecule has 0 spiro atoms. The van der Waals surface area contributed by atoms with Crippen LogP contribution in [0.25, 0.3) is 0 Å². The smallest absolute Gasteiger partial charge is 0.410 e. The normalized spacial score (nSPS) is 11.9. The Bertz CT molecular complexity index is 327. The summed E-state index contributed by atoms with van der Waals surface area (Å²) < 4.78 is 10.4. The molecule has 0 bridgehead atoms. The van der Waals surface area contributed by atoms with Crippen LogP contribution in [0.15, 0.2) is 0 Å². The largest absolute Gasteiger partial charge is 0.460 e. The van der Waals surface area contributed by atoms with Gasteiger partial charge in [0.2, 0.25) is 0 Å². The lowest BCUT2D eigenvalue weighted by molar-refractivity contribution is -0.155. The van der Waals surface area contributed by atoms with Crippen molar-refractivity contribution in [2.75, 3.05) is 19.7 Å². The molecule has 0 aromatic heterocycles. The van der Waals surface area contributed by atoms with Gasteiger partial charge in [0.15, 0.2) is 0 Å². The highest BCUT2D eigenvalue weighted by Crippen LogP contribution is 2.11. The van der Waals surface area contributed by atoms with Crippen molar-refractivity contribution in [1.29, 1.82) is 0 Å². The van der Waals surface area contributed by atoms with Gasteiger partial charge in [0.1, 0.15) is 11.2 Å². The third-order valence-electron chi connectivity index (χ3n) is 2.03. The van der Waals surface area contributed by atoms with Gasteiger partial charge in [-0.1, -0.05) is 0 Å². The maximum absolute atomic E-state index is 11.9. The second-order valence-corrected chi connectivity index (χ2v) is 6.53. The predicted molar refractivity (Wildman–Crippen MR) is 75.4 cm³/mol. The Morgan fingerprint density at radius 3 is 1.85 bits per heavy atom. The van der Waals surface area contributed by atoms with Gasteiger partial charge in [-0.25, -0.2) is 4.79 Å². The molecule has 0 saturated carbocycles. The average molecular weight is 289 g/mol. The van der Waals surface area contributed by atoms with Gasteiger partial charge in [-0.15, -0.1) is 0 Å². The third-order valence-corrected chi connectivity index (χ3v) is 2.03. The number of aliphatic hydroxyl groups excluding tert-OH is 1. The van der Waals surface area contributed by atoms with Crippen LogP contribution in [0.5, 0.6) is 0 Å². The molecule has 0 aromatic carbocycles. The first-order valence-electron chi connectivity index (χ1n) is 6.75. The molecule has 0 rings (SSSR count). The Morgan fingerprint density at radius 2 is 1.45 bits per heavy atom. The average Bonchev–Trinajstić information content (AvgIpc) is 2.18. The summed E-state index contributed by atoms with van der Waals surface area (Å²) in [6.07, 6.45) is -0.480. The summed E-state index contributed by atoms with van der Waals surface area (Å²) in [5.74, 6) is -0.385. The van der Waals surface area contributed by atoms with Crippen LogP contribution in [0.1, 0.15) is 48.0 Å². The van der Waals surface area contributed by atoms with Crippen molar-refractivity contribution in [2.24, 2.45) is 0 Å². The molecule has 0 atom stereocenters. The molecule has 1 N–H and O–H groups in total. The van der Waals surface area contributed by atoms with Gasteiger partial charge >= 0.3 is 12.1 Å². The lowest BCUT2D eigenvalue weighted by Gasteiger charge is -2.27. The van der Waals surface area contributed by atoms with Crippen molar-refractivity contribution in [1.82, 2.24) is 4.90 Å². The second kappa shape index (κ2) is 7.47. The van der Waals surface area contributed by atoms with Crippen molar-refractivity contribution >= 4 is 12.1 Å². The summed E-state index contributed by atoms with van der Waals surface area (Å²) in [4.78, 5) is 24.8. The fourth-order valence-electron chi connectivity index (χ4n) is 1.36. The highest BCUT2D eigenvalue weighted by Gasteiger charge is 2.23. The van der Waals surface area contributed by atoms with E-state index in [2.05, 4.69) is 0 Å². The van der Waals surface area contributed by atoms with E-state index in [1.165, 1.54) is 4.90 Å². The minimum Gasteiger partial charge on any atom is -0.460 e. The van der Waals surface area contributed by atoms with Crippen molar-refractivity contribution in [3.05, 3.63) is 0 Å². The molecule has 6 heteroatoms. The maximum Gasteiger partial charge on any atom is 0.410 e. The fraction of sp³-hybridized carbons (Fsp3) is 0.857. The molecule has 0 heterocycles. The van der Waals surface area contributed by atoms with Crippen molar-refractivity contribution in [3.63, 3.8) is 0 Å². The molecule has 20 heavy (non-hydrogen) atoms. The van der Waals surface area contributed by atoms with Crippen LogP contribution in [0.2, 0.25) is 0 Å². The molecule has 1 amide bonds. The minimum atomic E-state index is -0.614. The van der Waals surface area contributed by atoms with Gasteiger partial charge in [-0.05, 0) is 41.5 Å². The molecule has 118 valence electrons. The number of hydrogen-bond acceptors (Lipinski definition) is 5. The van der Waals surface area contributed by atoms with E-state index in [0.717, 1.165) is 0 Å². The van der Waals surface area contributed by atoms with Crippen LogP contribution in [0.3, 0.4) is 0 Å². The number of carbonyl (C=O) groups excluding carboxylic acids is 2. The molecule has 0 aromatic rings. The van der Waals surface area contributed by atoms with Gasteiger partial charge in [0.25, 0.3) is 0 Å². The minimum absolute atomic E-state index is 0.0660. The number of ether oxygens (including phenoxy) is 2. The molecule has 0 aliphatic rings. The van der Waals surface area contributed by atoms with Gasteiger partial charge in [0.05, 0.1) is 13.0 Å². The van der Waals surface area contributed by atoms with E-state index in [1.54, 1.807) is 41.5 Å². The van der Waals surface area contributed by atoms with Crippen LogP contribution in [0.4, 0.5) is 4.79 Å². The van der Waals surface area contributed by atoms with E-state index in [1.807, 2.05) is 0 Å². The number of carbonyl (C=O) groups is 2. The molecular weight excluding hydrogens is 262 g/mol. The number of esters is 1. The maximum atomic E-state index is 11.9. The molecular formula is C14H27NO5. The van der Waals surface area contributed by atoms with Crippen molar-refractivity contribution in [2.45, 2.75) is 59.2 Å². The van der Waals surface area contributed by atoms with Crippen LogP contribution in [0, 0.1) is 0 Å². The van der Waals surface area contributed by atoms with E-state index in [9.17, 15) is 9.59 Å². The zero-order valence-corrected chi connectivity index (χ0v) is 13.4. The SMILES string of the molecule is CC(C)(C)OC(=O)CCN(CCO)C(=O)OC(C)(C)C. The highest BCUT2D eigenvalue weighted by molar-refractivity contribution is 5.72. The Hall–Kier alpha value is -1.30. The van der Waals surface area contributed by atoms with Crippen LogP contribution >= 0.6 is 0 Å². The van der Waals surface area contributed by atoms with Crippen LogP contribution in [-0.2, 0) is 14.3 Å². The quantitative estimate of drug-likeness (QED) is 0.783. The van der Waals surface area contributed by atoms with Crippen molar-refractivity contribution in [3.8, 4) is 0 Å². The van der Waals surface area contributed by atoms with Gasteiger partial charge in [-0.2, -0.15) is 0 Å². The lowest BCUT2D eigenvalue weighted by Crippen LogP contribution is -2.40. The summed E-state index contributed by atoms with van der Waals surface area (Å²) in [6.45, 7) is 10.7. The van der Waals surface area contributed by atoms with E-state index < -0.39 is 17.3 Å². The number of aliphatic hydroxyl groups is 1. The zero-order valence-electron chi connectivity index (χ0n) is 13.4. The first-order chi connectivity index (χ1) is 8.94. The molecule has 0 radical (unpaired) electrons. The molecule has 0 fully saturated rings. The molecule has 6 nitrogen and oxygen atoms in total. The number of nitrogens with zero attached hydrogens (tertiary/aromatic N) is 1. The summed E-state index contributed by atoms with van der Waals surface area (Å²) >= 11 is 0. The number of rotatable bonds is 5. The molecule has 0 saturated heterocycles. The molecule has 0 aliphatic heterocycles.